The molecule has 0 amide bonds. The summed E-state index contributed by atoms with van der Waals surface area (Å²) in [5.74, 6) is 0. The normalized spacial score (nSPS) is 12.3. The second-order valence-corrected chi connectivity index (χ2v) is 21.3. The second kappa shape index (κ2) is 15.1. The predicted molar refractivity (Wildman–Crippen MR) is 320 cm³/mol. The molecule has 0 spiro atoms. The number of hydrogen-bond acceptors (Lipinski definition) is 2. The molecular formula is C72H40OS. The van der Waals surface area contributed by atoms with Crippen LogP contribution in [0.15, 0.2) is 247 Å². The molecule has 0 saturated heterocycles. The number of rotatable bonds is 3. The van der Waals surface area contributed by atoms with Crippen molar-refractivity contribution < 1.29 is 4.42 Å². The number of hydrogen-bond donors (Lipinski definition) is 0. The van der Waals surface area contributed by atoms with Gasteiger partial charge in [0, 0.05) is 30.9 Å². The number of fused-ring (bicyclic) bond motifs is 18. The molecule has 0 aliphatic heterocycles. The van der Waals surface area contributed by atoms with E-state index >= 15 is 0 Å². The molecule has 2 heteroatoms. The highest BCUT2D eigenvalue weighted by Crippen LogP contribution is 2.52. The number of furan rings is 1. The summed E-state index contributed by atoms with van der Waals surface area (Å²) in [5, 5.41) is 27.5. The minimum absolute atomic E-state index is 0.901. The van der Waals surface area contributed by atoms with Gasteiger partial charge in [0.15, 0.2) is 0 Å². The number of benzene rings is 15. The summed E-state index contributed by atoms with van der Waals surface area (Å²) in [6.07, 6.45) is 0. The van der Waals surface area contributed by atoms with Gasteiger partial charge in [-0.3, -0.25) is 0 Å². The molecule has 17 aromatic rings. The van der Waals surface area contributed by atoms with E-state index in [2.05, 4.69) is 243 Å². The van der Waals surface area contributed by atoms with Crippen LogP contribution in [-0.4, -0.2) is 0 Å². The molecule has 2 heterocycles. The van der Waals surface area contributed by atoms with Crippen molar-refractivity contribution in [2.24, 2.45) is 0 Å². The van der Waals surface area contributed by atoms with Crippen molar-refractivity contribution in [2.45, 2.75) is 0 Å². The van der Waals surface area contributed by atoms with Gasteiger partial charge in [-0.1, -0.05) is 182 Å². The molecule has 15 aromatic carbocycles. The van der Waals surface area contributed by atoms with Crippen molar-refractivity contribution in [3.63, 3.8) is 0 Å². The summed E-state index contributed by atoms with van der Waals surface area (Å²) < 4.78 is 9.13. The van der Waals surface area contributed by atoms with Gasteiger partial charge in [-0.25, -0.2) is 0 Å². The summed E-state index contributed by atoms with van der Waals surface area (Å²) in [5.41, 5.74) is 9.25. The lowest BCUT2D eigenvalue weighted by Crippen LogP contribution is -1.94. The van der Waals surface area contributed by atoms with E-state index in [0.29, 0.717) is 0 Å². The van der Waals surface area contributed by atoms with Crippen LogP contribution in [0.1, 0.15) is 0 Å². The highest BCUT2D eigenvalue weighted by Gasteiger charge is 2.24. The molecule has 0 saturated carbocycles. The SMILES string of the molecule is c1ccc2cc3c(cc2c1)oc1ccc(-c2c4ccccc4c(-c4c5ccccc5c(-c5ccc6sc7cc8c9ccccc9c9cc%10ccccc%10cc9c8cc7c6c5)c5ccccc45)c4ccccc24)cc13. The summed E-state index contributed by atoms with van der Waals surface area (Å²) in [6.45, 7) is 0. The van der Waals surface area contributed by atoms with E-state index in [-0.39, 0.29) is 0 Å². The molecule has 0 aliphatic carbocycles. The molecule has 17 rings (SSSR count). The third-order valence-electron chi connectivity index (χ3n) is 16.3. The molecule has 74 heavy (non-hydrogen) atoms. The predicted octanol–water partition coefficient (Wildman–Crippen LogP) is 21.3. The Kier molecular flexibility index (Phi) is 8.22. The van der Waals surface area contributed by atoms with Crippen molar-refractivity contribution >= 4 is 150 Å². The fraction of sp³-hybridized carbons (Fsp3) is 0. The molecule has 0 bridgehead atoms. The molecule has 1 nitrogen and oxygen atoms in total. The van der Waals surface area contributed by atoms with Crippen LogP contribution in [0.4, 0.5) is 0 Å². The van der Waals surface area contributed by atoms with E-state index in [1.165, 1.54) is 151 Å². The first-order valence-corrected chi connectivity index (χ1v) is 26.4. The Balaban J connectivity index is 0.906. The topological polar surface area (TPSA) is 13.1 Å². The van der Waals surface area contributed by atoms with Gasteiger partial charge >= 0.3 is 0 Å². The maximum atomic E-state index is 6.52. The third-order valence-corrected chi connectivity index (χ3v) is 17.5. The maximum absolute atomic E-state index is 6.52. The van der Waals surface area contributed by atoms with Gasteiger partial charge in [-0.2, -0.15) is 0 Å². The first kappa shape index (κ1) is 40.3. The van der Waals surface area contributed by atoms with Gasteiger partial charge in [0.05, 0.1) is 0 Å². The van der Waals surface area contributed by atoms with Crippen molar-refractivity contribution in [3.05, 3.63) is 243 Å². The Labute approximate surface area is 428 Å². The van der Waals surface area contributed by atoms with Crippen molar-refractivity contribution in [1.29, 1.82) is 0 Å². The molecule has 340 valence electrons. The van der Waals surface area contributed by atoms with Gasteiger partial charge in [0.25, 0.3) is 0 Å². The quantitative estimate of drug-likeness (QED) is 0.127. The van der Waals surface area contributed by atoms with E-state index in [0.717, 1.165) is 21.9 Å². The fourth-order valence-electron chi connectivity index (χ4n) is 13.1. The maximum Gasteiger partial charge on any atom is 0.136 e. The standard InChI is InChI=1S/C72H40OS/c1-2-16-42-34-58-57(33-41(42)15-1)47-19-5-6-20-48(47)60-40-68-64(39-59(58)60)63-37-46(30-32-67(63)74-68)70-51-23-9-13-27-55(51)72(56-28-14-10-24-52(56)70)71-53-25-11-7-21-49(53)69(50-22-8-12-26-54(50)71)45-29-31-65-61(36-45)62-35-43-17-3-4-18-44(43)38-66(62)73-65/h1-40H. The van der Waals surface area contributed by atoms with Crippen LogP contribution in [0.25, 0.3) is 172 Å². The molecular weight excluding hydrogens is 913 g/mol. The van der Waals surface area contributed by atoms with Gasteiger partial charge in [-0.05, 0) is 191 Å². The van der Waals surface area contributed by atoms with E-state index in [4.69, 9.17) is 4.42 Å². The average Bonchev–Trinajstić information content (AvgIpc) is 4.01. The second-order valence-electron chi connectivity index (χ2n) is 20.2. The zero-order chi connectivity index (χ0) is 48.2. The Morgan fingerprint density at radius 3 is 1.07 bits per heavy atom. The summed E-state index contributed by atoms with van der Waals surface area (Å²) in [7, 11) is 0. The van der Waals surface area contributed by atoms with E-state index in [1.807, 2.05) is 11.3 Å². The van der Waals surface area contributed by atoms with Gasteiger partial charge in [0.2, 0.25) is 0 Å². The zero-order valence-electron chi connectivity index (χ0n) is 39.9. The smallest absolute Gasteiger partial charge is 0.136 e. The van der Waals surface area contributed by atoms with Gasteiger partial charge < -0.3 is 4.42 Å². The molecule has 0 atom stereocenters. The van der Waals surface area contributed by atoms with Gasteiger partial charge in [-0.15, -0.1) is 11.3 Å². The lowest BCUT2D eigenvalue weighted by Gasteiger charge is -2.22. The highest BCUT2D eigenvalue weighted by atomic mass is 32.1. The Morgan fingerprint density at radius 1 is 0.203 bits per heavy atom. The van der Waals surface area contributed by atoms with Crippen molar-refractivity contribution in [2.75, 3.05) is 0 Å². The summed E-state index contributed by atoms with van der Waals surface area (Å²) in [6, 6.07) is 90.8. The first-order valence-electron chi connectivity index (χ1n) is 25.5. The van der Waals surface area contributed by atoms with E-state index < -0.39 is 0 Å². The van der Waals surface area contributed by atoms with Crippen LogP contribution >= 0.6 is 11.3 Å². The summed E-state index contributed by atoms with van der Waals surface area (Å²) >= 11 is 1.90. The minimum atomic E-state index is 0.901. The molecule has 0 unspecified atom stereocenters. The molecule has 2 aromatic heterocycles. The minimum Gasteiger partial charge on any atom is -0.456 e. The Morgan fingerprint density at radius 2 is 0.554 bits per heavy atom. The van der Waals surface area contributed by atoms with Gasteiger partial charge in [0.1, 0.15) is 11.2 Å². The van der Waals surface area contributed by atoms with Crippen LogP contribution in [0.3, 0.4) is 0 Å². The van der Waals surface area contributed by atoms with E-state index in [9.17, 15) is 0 Å². The molecule has 0 radical (unpaired) electrons. The average molecular weight is 953 g/mol. The number of thiophene rings is 1. The third kappa shape index (κ3) is 5.63. The first-order chi connectivity index (χ1) is 36.7. The van der Waals surface area contributed by atoms with Crippen molar-refractivity contribution in [1.82, 2.24) is 0 Å². The Bertz CT molecular complexity index is 5210. The largest absolute Gasteiger partial charge is 0.456 e. The van der Waals surface area contributed by atoms with Crippen LogP contribution in [0, 0.1) is 0 Å². The fourth-order valence-corrected chi connectivity index (χ4v) is 14.2. The molecule has 0 aliphatic rings. The van der Waals surface area contributed by atoms with Crippen LogP contribution < -0.4 is 0 Å². The Hall–Kier alpha value is -9.34. The van der Waals surface area contributed by atoms with Crippen LogP contribution in [0.5, 0.6) is 0 Å². The van der Waals surface area contributed by atoms with Crippen LogP contribution in [0.2, 0.25) is 0 Å². The van der Waals surface area contributed by atoms with Crippen molar-refractivity contribution in [3.8, 4) is 33.4 Å². The zero-order valence-corrected chi connectivity index (χ0v) is 40.7. The highest BCUT2D eigenvalue weighted by molar-refractivity contribution is 7.26. The lowest BCUT2D eigenvalue weighted by atomic mass is 9.81. The van der Waals surface area contributed by atoms with Crippen LogP contribution in [-0.2, 0) is 0 Å². The molecule has 0 fully saturated rings. The molecule has 0 N–H and O–H groups in total. The lowest BCUT2D eigenvalue weighted by molar-refractivity contribution is 0.669. The summed E-state index contributed by atoms with van der Waals surface area (Å²) in [4.78, 5) is 0. The monoisotopic (exact) mass is 952 g/mol. The van der Waals surface area contributed by atoms with E-state index in [1.54, 1.807) is 0 Å².